The van der Waals surface area contributed by atoms with Gasteiger partial charge in [-0.1, -0.05) is 60.7 Å². The van der Waals surface area contributed by atoms with Gasteiger partial charge in [0.05, 0.1) is 6.20 Å². The Bertz CT molecular complexity index is 1240. The van der Waals surface area contributed by atoms with Crippen LogP contribution < -0.4 is 5.32 Å². The van der Waals surface area contributed by atoms with Crippen molar-refractivity contribution >= 4 is 41.8 Å². The number of esters is 1. The third kappa shape index (κ3) is 4.42. The molecule has 1 saturated heterocycles. The molecule has 0 spiro atoms. The Morgan fingerprint density at radius 2 is 1.89 bits per heavy atom. The molecule has 10 heteroatoms. The Kier molecular flexibility index (Phi) is 6.88. The lowest BCUT2D eigenvalue weighted by Crippen LogP contribution is -2.69. The summed E-state index contributed by atoms with van der Waals surface area (Å²) in [6.07, 6.45) is 4.04. The Labute approximate surface area is 216 Å². The van der Waals surface area contributed by atoms with Crippen LogP contribution in [0.1, 0.15) is 23.6 Å². The lowest BCUT2D eigenvalue weighted by Gasteiger charge is -2.49. The van der Waals surface area contributed by atoms with Gasteiger partial charge in [0.1, 0.15) is 17.1 Å². The molecular weight excluding hydrogens is 496 g/mol. The number of aromatic nitrogens is 2. The van der Waals surface area contributed by atoms with Crippen LogP contribution in [-0.2, 0) is 30.5 Å². The van der Waals surface area contributed by atoms with Crippen molar-refractivity contribution in [2.24, 2.45) is 0 Å². The first-order valence-electron chi connectivity index (χ1n) is 11.4. The van der Waals surface area contributed by atoms with E-state index in [4.69, 9.17) is 4.74 Å². The summed E-state index contributed by atoms with van der Waals surface area (Å²) < 4.78 is 6.29. The van der Waals surface area contributed by atoms with E-state index in [9.17, 15) is 14.4 Å². The number of amides is 2. The molecule has 0 unspecified atom stereocenters. The van der Waals surface area contributed by atoms with E-state index in [2.05, 4.69) is 15.5 Å². The van der Waals surface area contributed by atoms with E-state index in [-0.39, 0.29) is 17.0 Å². The third-order valence-electron chi connectivity index (χ3n) is 6.29. The molecule has 1 fully saturated rings. The van der Waals surface area contributed by atoms with Crippen LogP contribution in [0.4, 0.5) is 0 Å². The maximum Gasteiger partial charge on any atom is 0.357 e. The van der Waals surface area contributed by atoms with Gasteiger partial charge in [-0.15, -0.1) is 23.5 Å². The largest absolute Gasteiger partial charge is 0.445 e. The quantitative estimate of drug-likeness (QED) is 0.253. The molecule has 2 atom stereocenters. The van der Waals surface area contributed by atoms with Crippen LogP contribution in [0.3, 0.4) is 0 Å². The second-order valence-electron chi connectivity index (χ2n) is 8.49. The second kappa shape index (κ2) is 10.2. The summed E-state index contributed by atoms with van der Waals surface area (Å²) in [7, 11) is 0. The van der Waals surface area contributed by atoms with Gasteiger partial charge in [0.2, 0.25) is 6.41 Å². The van der Waals surface area contributed by atoms with Gasteiger partial charge in [-0.25, -0.2) is 4.79 Å². The molecule has 1 aromatic heterocycles. The van der Waals surface area contributed by atoms with E-state index in [0.717, 1.165) is 21.6 Å². The molecule has 0 aliphatic carbocycles. The monoisotopic (exact) mass is 520 g/mol. The number of thioether (sulfide) groups is 2. The van der Waals surface area contributed by atoms with Crippen LogP contribution in [-0.4, -0.2) is 50.6 Å². The number of aromatic amines is 1. The number of β-lactam (4-membered cyclic amide) rings is 1. The maximum absolute atomic E-state index is 13.9. The van der Waals surface area contributed by atoms with Gasteiger partial charge in [-0.2, -0.15) is 5.10 Å². The molecule has 2 aliphatic rings. The summed E-state index contributed by atoms with van der Waals surface area (Å²) in [6, 6.07) is 18.4. The molecule has 2 amide bonds. The predicted octanol–water partition coefficient (Wildman–Crippen LogP) is 3.39. The number of H-pyrrole nitrogens is 1. The molecule has 36 heavy (non-hydrogen) atoms. The van der Waals surface area contributed by atoms with Crippen molar-refractivity contribution in [1.82, 2.24) is 20.4 Å². The molecule has 5 rings (SSSR count). The Morgan fingerprint density at radius 3 is 2.47 bits per heavy atom. The highest BCUT2D eigenvalue weighted by Gasteiger charge is 2.54. The second-order valence-corrected chi connectivity index (χ2v) is 10.7. The van der Waals surface area contributed by atoms with Crippen molar-refractivity contribution in [3.8, 4) is 0 Å². The first-order valence-corrected chi connectivity index (χ1v) is 13.4. The molecule has 3 aromatic rings. The zero-order chi connectivity index (χ0) is 25.1. The van der Waals surface area contributed by atoms with Crippen molar-refractivity contribution < 1.29 is 19.1 Å². The number of hydrogen-bond donors (Lipinski definition) is 2. The molecule has 3 heterocycles. The molecule has 8 nitrogen and oxygen atoms in total. The number of fused-ring (bicyclic) bond motifs is 1. The number of carbonyl (C=O) groups is 3. The Hall–Kier alpha value is -3.50. The zero-order valence-electron chi connectivity index (χ0n) is 19.4. The number of nitrogens with zero attached hydrogens (tertiary/aromatic N) is 2. The summed E-state index contributed by atoms with van der Waals surface area (Å²) in [5, 5.41) is 8.98. The Balaban J connectivity index is 1.51. The van der Waals surface area contributed by atoms with E-state index >= 15 is 0 Å². The molecule has 0 bridgehead atoms. The first-order chi connectivity index (χ1) is 17.5. The van der Waals surface area contributed by atoms with Crippen molar-refractivity contribution in [3.05, 3.63) is 100 Å². The van der Waals surface area contributed by atoms with E-state index in [1.807, 2.05) is 67.6 Å². The number of ether oxygens (including phenoxy) is 1. The van der Waals surface area contributed by atoms with Crippen LogP contribution in [0.5, 0.6) is 0 Å². The van der Waals surface area contributed by atoms with Crippen molar-refractivity contribution in [1.29, 1.82) is 0 Å². The highest BCUT2D eigenvalue weighted by Crippen LogP contribution is 2.45. The number of benzene rings is 2. The van der Waals surface area contributed by atoms with Gasteiger partial charge in [-0.3, -0.25) is 19.6 Å². The molecule has 184 valence electrons. The van der Waals surface area contributed by atoms with Gasteiger partial charge < -0.3 is 10.1 Å². The predicted molar refractivity (Wildman–Crippen MR) is 138 cm³/mol. The van der Waals surface area contributed by atoms with Gasteiger partial charge >= 0.3 is 5.97 Å². The summed E-state index contributed by atoms with van der Waals surface area (Å²) in [5.74, 6) is 0.198. The highest BCUT2D eigenvalue weighted by molar-refractivity contribution is 8.05. The summed E-state index contributed by atoms with van der Waals surface area (Å²) in [4.78, 5) is 40.2. The summed E-state index contributed by atoms with van der Waals surface area (Å²) in [6.45, 7) is 1.86. The van der Waals surface area contributed by atoms with E-state index in [0.29, 0.717) is 17.9 Å². The summed E-state index contributed by atoms with van der Waals surface area (Å²) >= 11 is 3.00. The lowest BCUT2D eigenvalue weighted by molar-refractivity contribution is -0.159. The van der Waals surface area contributed by atoms with E-state index in [1.54, 1.807) is 12.4 Å². The smallest absolute Gasteiger partial charge is 0.357 e. The molecule has 2 aromatic carbocycles. The SMILES string of the molecule is CC(OC(=O)C1=C(SCc2cn[nH]c2)CS[C@@H]2[C@H](NC=O)C(=O)N12)(c1ccccc1)c1ccccc1. The number of rotatable bonds is 9. The molecule has 2 aliphatic heterocycles. The average molecular weight is 521 g/mol. The number of hydrogen-bond acceptors (Lipinski definition) is 7. The zero-order valence-corrected chi connectivity index (χ0v) is 21.1. The first kappa shape index (κ1) is 24.2. The minimum Gasteiger partial charge on any atom is -0.445 e. The van der Waals surface area contributed by atoms with Crippen LogP contribution in [0.25, 0.3) is 0 Å². The van der Waals surface area contributed by atoms with E-state index in [1.165, 1.54) is 28.4 Å². The number of carbonyl (C=O) groups excluding carboxylic acids is 3. The lowest BCUT2D eigenvalue weighted by atomic mass is 9.88. The normalized spacial score (nSPS) is 19.4. The average Bonchev–Trinajstić information content (AvgIpc) is 3.44. The topological polar surface area (TPSA) is 104 Å². The number of nitrogens with one attached hydrogen (secondary N) is 2. The van der Waals surface area contributed by atoms with Crippen LogP contribution >= 0.6 is 23.5 Å². The van der Waals surface area contributed by atoms with Crippen molar-refractivity contribution in [3.63, 3.8) is 0 Å². The molecule has 2 N–H and O–H groups in total. The van der Waals surface area contributed by atoms with Crippen LogP contribution in [0.2, 0.25) is 0 Å². The molecular formula is C26H24N4O4S2. The maximum atomic E-state index is 13.9. The van der Waals surface area contributed by atoms with Gasteiger partial charge in [0, 0.05) is 28.2 Å². The fourth-order valence-corrected chi connectivity index (χ4v) is 6.90. The van der Waals surface area contributed by atoms with Crippen molar-refractivity contribution in [2.45, 2.75) is 29.7 Å². The minimum absolute atomic E-state index is 0.235. The third-order valence-corrected chi connectivity index (χ3v) is 8.91. The van der Waals surface area contributed by atoms with E-state index < -0.39 is 17.6 Å². The van der Waals surface area contributed by atoms with Crippen LogP contribution in [0.15, 0.2) is 83.7 Å². The highest BCUT2D eigenvalue weighted by atomic mass is 32.2. The van der Waals surface area contributed by atoms with Gasteiger partial charge in [0.15, 0.2) is 5.60 Å². The Morgan fingerprint density at radius 1 is 1.22 bits per heavy atom. The standard InChI is InChI=1S/C26H24N4O4S2/c1-26(18-8-4-2-5-9-18,19-10-6-3-7-11-19)34-25(33)22-20(35-14-17-12-28-29-13-17)15-36-24-21(27-16-31)23(32)30(22)24/h2-13,16,21,24H,14-15H2,1H3,(H,27,31)(H,28,29)/t21-,24-/m1/s1. The van der Waals surface area contributed by atoms with Crippen LogP contribution in [0, 0.1) is 0 Å². The minimum atomic E-state index is -1.08. The fraction of sp³-hybridized carbons (Fsp3) is 0.231. The summed E-state index contributed by atoms with van der Waals surface area (Å²) in [5.41, 5.74) is 1.76. The fourth-order valence-electron chi connectivity index (χ4n) is 4.34. The van der Waals surface area contributed by atoms with Crippen molar-refractivity contribution in [2.75, 3.05) is 5.75 Å². The van der Waals surface area contributed by atoms with Gasteiger partial charge in [0.25, 0.3) is 5.91 Å². The molecule has 0 radical (unpaired) electrons. The molecule has 0 saturated carbocycles. The van der Waals surface area contributed by atoms with Gasteiger partial charge in [-0.05, 0) is 18.1 Å².